The number of halogens is 1. The van der Waals surface area contributed by atoms with Crippen molar-refractivity contribution in [2.45, 2.75) is 6.54 Å². The SMILES string of the molecule is COc1ccc(Cn2c(=O)[nH]c3cc(C(=O)N4CCN(c5ccc(Cl)cc5)CC4)ccc3c2=O)cc1. The quantitative estimate of drug-likeness (QED) is 0.450. The zero-order chi connectivity index (χ0) is 25.2. The molecule has 1 amide bonds. The van der Waals surface area contributed by atoms with E-state index in [9.17, 15) is 14.4 Å². The van der Waals surface area contributed by atoms with Gasteiger partial charge >= 0.3 is 5.69 Å². The van der Waals surface area contributed by atoms with Gasteiger partial charge in [0.05, 0.1) is 24.6 Å². The number of carbonyl (C=O) groups excluding carboxylic acids is 1. The molecule has 0 aliphatic carbocycles. The van der Waals surface area contributed by atoms with Crippen LogP contribution in [0.5, 0.6) is 5.75 Å². The monoisotopic (exact) mass is 504 g/mol. The van der Waals surface area contributed by atoms with Gasteiger partial charge in [-0.2, -0.15) is 0 Å². The molecule has 0 bridgehead atoms. The normalized spacial score (nSPS) is 13.7. The van der Waals surface area contributed by atoms with E-state index in [1.165, 1.54) is 0 Å². The Morgan fingerprint density at radius 3 is 2.31 bits per heavy atom. The van der Waals surface area contributed by atoms with Gasteiger partial charge in [-0.25, -0.2) is 4.79 Å². The van der Waals surface area contributed by atoms with Crippen LogP contribution in [0.25, 0.3) is 10.9 Å². The topological polar surface area (TPSA) is 87.6 Å². The third-order valence-corrected chi connectivity index (χ3v) is 6.74. The zero-order valence-electron chi connectivity index (χ0n) is 19.7. The maximum absolute atomic E-state index is 13.2. The summed E-state index contributed by atoms with van der Waals surface area (Å²) in [6, 6.07) is 19.7. The highest BCUT2D eigenvalue weighted by atomic mass is 35.5. The number of aromatic nitrogens is 2. The fraction of sp³-hybridized carbons (Fsp3) is 0.222. The first kappa shape index (κ1) is 23.7. The van der Waals surface area contributed by atoms with Gasteiger partial charge in [0.25, 0.3) is 11.5 Å². The van der Waals surface area contributed by atoms with E-state index in [0.29, 0.717) is 53.4 Å². The lowest BCUT2D eigenvalue weighted by atomic mass is 10.1. The van der Waals surface area contributed by atoms with E-state index >= 15 is 0 Å². The highest BCUT2D eigenvalue weighted by Crippen LogP contribution is 2.21. The minimum absolute atomic E-state index is 0.129. The summed E-state index contributed by atoms with van der Waals surface area (Å²) in [6.45, 7) is 2.67. The average Bonchev–Trinajstić information content (AvgIpc) is 2.91. The number of hydrogen-bond donors (Lipinski definition) is 1. The molecule has 2 heterocycles. The number of hydrogen-bond acceptors (Lipinski definition) is 5. The van der Waals surface area contributed by atoms with Crippen LogP contribution in [0, 0.1) is 0 Å². The Kier molecular flexibility index (Phi) is 6.52. The Morgan fingerprint density at radius 2 is 1.64 bits per heavy atom. The maximum Gasteiger partial charge on any atom is 0.329 e. The molecule has 184 valence electrons. The Labute approximate surface area is 212 Å². The van der Waals surface area contributed by atoms with Crippen molar-refractivity contribution in [1.82, 2.24) is 14.5 Å². The number of ether oxygens (including phenoxy) is 1. The van der Waals surface area contributed by atoms with Gasteiger partial charge in [0.15, 0.2) is 0 Å². The molecule has 1 N–H and O–H groups in total. The van der Waals surface area contributed by atoms with Crippen LogP contribution in [0.3, 0.4) is 0 Å². The van der Waals surface area contributed by atoms with E-state index < -0.39 is 11.2 Å². The molecule has 1 aliphatic heterocycles. The fourth-order valence-corrected chi connectivity index (χ4v) is 4.57. The Hall–Kier alpha value is -4.04. The number of methoxy groups -OCH3 is 1. The molecule has 1 saturated heterocycles. The lowest BCUT2D eigenvalue weighted by Crippen LogP contribution is -2.48. The number of H-pyrrole nitrogens is 1. The number of nitrogens with zero attached hydrogens (tertiary/aromatic N) is 3. The molecular formula is C27H25ClN4O4. The van der Waals surface area contributed by atoms with Crippen LogP contribution in [-0.4, -0.2) is 53.6 Å². The third-order valence-electron chi connectivity index (χ3n) is 6.49. The highest BCUT2D eigenvalue weighted by Gasteiger charge is 2.23. The van der Waals surface area contributed by atoms with Crippen molar-refractivity contribution >= 4 is 34.1 Å². The summed E-state index contributed by atoms with van der Waals surface area (Å²) in [7, 11) is 1.58. The van der Waals surface area contributed by atoms with Crippen LogP contribution in [-0.2, 0) is 6.54 Å². The Balaban J connectivity index is 1.33. The molecule has 4 aromatic rings. The van der Waals surface area contributed by atoms with Crippen molar-refractivity contribution < 1.29 is 9.53 Å². The molecule has 0 saturated carbocycles. The standard InChI is InChI=1S/C27H25ClN4O4/c1-36-22-9-2-18(3-10-22)17-32-26(34)23-11-4-19(16-24(23)29-27(32)35)25(33)31-14-12-30(13-15-31)21-7-5-20(28)6-8-21/h2-11,16H,12-15,17H2,1H3,(H,29,35). The fourth-order valence-electron chi connectivity index (χ4n) is 4.45. The van der Waals surface area contributed by atoms with Gasteiger partial charge in [0.1, 0.15) is 5.75 Å². The third kappa shape index (κ3) is 4.72. The first-order chi connectivity index (χ1) is 17.4. The lowest BCUT2D eigenvalue weighted by molar-refractivity contribution is 0.0747. The van der Waals surface area contributed by atoms with Crippen LogP contribution in [0.4, 0.5) is 5.69 Å². The van der Waals surface area contributed by atoms with Crippen molar-refractivity contribution in [3.8, 4) is 5.75 Å². The number of carbonyl (C=O) groups is 1. The van der Waals surface area contributed by atoms with Crippen LogP contribution in [0.1, 0.15) is 15.9 Å². The van der Waals surface area contributed by atoms with Crippen molar-refractivity contribution in [2.75, 3.05) is 38.2 Å². The summed E-state index contributed by atoms with van der Waals surface area (Å²) in [5, 5.41) is 1.04. The molecule has 0 unspecified atom stereocenters. The number of piperazine rings is 1. The van der Waals surface area contributed by atoms with Gasteiger partial charge < -0.3 is 19.5 Å². The van der Waals surface area contributed by atoms with Gasteiger partial charge in [-0.05, 0) is 60.2 Å². The summed E-state index contributed by atoms with van der Waals surface area (Å²) < 4.78 is 6.31. The highest BCUT2D eigenvalue weighted by molar-refractivity contribution is 6.30. The maximum atomic E-state index is 13.2. The number of amides is 1. The summed E-state index contributed by atoms with van der Waals surface area (Å²) in [6.07, 6.45) is 0. The molecule has 8 nitrogen and oxygen atoms in total. The van der Waals surface area contributed by atoms with Crippen LogP contribution >= 0.6 is 11.6 Å². The predicted molar refractivity (Wildman–Crippen MR) is 140 cm³/mol. The molecule has 5 rings (SSSR count). The summed E-state index contributed by atoms with van der Waals surface area (Å²) >= 11 is 5.98. The molecular weight excluding hydrogens is 480 g/mol. The Bertz CT molecular complexity index is 1520. The molecule has 36 heavy (non-hydrogen) atoms. The van der Waals surface area contributed by atoms with Crippen LogP contribution in [0.15, 0.2) is 76.3 Å². The molecule has 3 aromatic carbocycles. The molecule has 0 atom stereocenters. The van der Waals surface area contributed by atoms with E-state index in [4.69, 9.17) is 16.3 Å². The molecule has 1 fully saturated rings. The van der Waals surface area contributed by atoms with Gasteiger partial charge in [-0.1, -0.05) is 23.7 Å². The van der Waals surface area contributed by atoms with E-state index in [2.05, 4.69) is 9.88 Å². The molecule has 9 heteroatoms. The minimum atomic E-state index is -0.524. The van der Waals surface area contributed by atoms with E-state index in [1.54, 1.807) is 42.3 Å². The van der Waals surface area contributed by atoms with Crippen molar-refractivity contribution in [3.05, 3.63) is 104 Å². The van der Waals surface area contributed by atoms with Crippen molar-refractivity contribution in [2.24, 2.45) is 0 Å². The first-order valence-electron chi connectivity index (χ1n) is 11.6. The van der Waals surface area contributed by atoms with E-state index in [-0.39, 0.29) is 12.5 Å². The van der Waals surface area contributed by atoms with Gasteiger partial charge in [-0.15, -0.1) is 0 Å². The molecule has 0 spiro atoms. The van der Waals surface area contributed by atoms with Crippen molar-refractivity contribution in [1.29, 1.82) is 0 Å². The van der Waals surface area contributed by atoms with Crippen LogP contribution in [0.2, 0.25) is 5.02 Å². The Morgan fingerprint density at radius 1 is 0.944 bits per heavy atom. The molecule has 0 radical (unpaired) electrons. The number of fused-ring (bicyclic) bond motifs is 1. The predicted octanol–water partition coefficient (Wildman–Crippen LogP) is 3.36. The lowest BCUT2D eigenvalue weighted by Gasteiger charge is -2.36. The number of rotatable bonds is 5. The van der Waals surface area contributed by atoms with E-state index in [0.717, 1.165) is 15.8 Å². The summed E-state index contributed by atoms with van der Waals surface area (Å²) in [5.41, 5.74) is 1.73. The second-order valence-corrected chi connectivity index (χ2v) is 9.12. The van der Waals surface area contributed by atoms with Gasteiger partial charge in [0.2, 0.25) is 0 Å². The van der Waals surface area contributed by atoms with Crippen LogP contribution < -0.4 is 20.9 Å². The van der Waals surface area contributed by atoms with Crippen molar-refractivity contribution in [3.63, 3.8) is 0 Å². The summed E-state index contributed by atoms with van der Waals surface area (Å²) in [4.78, 5) is 45.7. The number of anilines is 1. The number of aromatic amines is 1. The zero-order valence-corrected chi connectivity index (χ0v) is 20.5. The summed E-state index contributed by atoms with van der Waals surface area (Å²) in [5.74, 6) is 0.568. The average molecular weight is 505 g/mol. The largest absolute Gasteiger partial charge is 0.497 e. The van der Waals surface area contributed by atoms with Gasteiger partial charge in [-0.3, -0.25) is 14.2 Å². The molecule has 1 aromatic heterocycles. The minimum Gasteiger partial charge on any atom is -0.497 e. The first-order valence-corrected chi connectivity index (χ1v) is 12.0. The number of nitrogens with one attached hydrogen (secondary N) is 1. The van der Waals surface area contributed by atoms with E-state index in [1.807, 2.05) is 36.4 Å². The molecule has 1 aliphatic rings. The number of benzene rings is 3. The smallest absolute Gasteiger partial charge is 0.329 e. The second kappa shape index (κ2) is 9.91. The van der Waals surface area contributed by atoms with Gasteiger partial charge in [0, 0.05) is 42.5 Å². The second-order valence-electron chi connectivity index (χ2n) is 8.69.